The number of sulfonamides is 1. The summed E-state index contributed by atoms with van der Waals surface area (Å²) in [5.74, 6) is -0.408. The number of hydrogen-bond donors (Lipinski definition) is 3. The van der Waals surface area contributed by atoms with E-state index >= 15 is 0 Å². The van der Waals surface area contributed by atoms with Gasteiger partial charge in [-0.2, -0.15) is 0 Å². The standard InChI is InChI=1S/C12H18N2O4S/c1-9-5-3-6-10(11(9)15)12(16)13-7-4-8-14-19(2,17)18/h3,5-6,14-15H,4,7-8H2,1-2H3,(H,13,16). The number of nitrogens with one attached hydrogen (secondary N) is 2. The molecule has 1 aromatic carbocycles. The van der Waals surface area contributed by atoms with Gasteiger partial charge in [0.2, 0.25) is 10.0 Å². The van der Waals surface area contributed by atoms with Gasteiger partial charge in [-0.05, 0) is 25.0 Å². The van der Waals surface area contributed by atoms with E-state index in [0.29, 0.717) is 18.5 Å². The van der Waals surface area contributed by atoms with Crippen molar-refractivity contribution in [3.05, 3.63) is 29.3 Å². The number of carbonyl (C=O) groups excluding carboxylic acids is 1. The summed E-state index contributed by atoms with van der Waals surface area (Å²) in [5.41, 5.74) is 0.850. The monoisotopic (exact) mass is 286 g/mol. The zero-order valence-electron chi connectivity index (χ0n) is 10.9. The average Bonchev–Trinajstić information content (AvgIpc) is 2.30. The van der Waals surface area contributed by atoms with Gasteiger partial charge >= 0.3 is 0 Å². The Morgan fingerprint density at radius 2 is 2.00 bits per heavy atom. The van der Waals surface area contributed by atoms with Crippen LogP contribution in [0.25, 0.3) is 0 Å². The molecule has 0 radical (unpaired) electrons. The van der Waals surface area contributed by atoms with Crippen LogP contribution in [0.3, 0.4) is 0 Å². The predicted octanol–water partition coefficient (Wildman–Crippen LogP) is 0.370. The lowest BCUT2D eigenvalue weighted by Gasteiger charge is -2.08. The number of benzene rings is 1. The number of aromatic hydroxyl groups is 1. The molecule has 0 aliphatic carbocycles. The first kappa shape index (κ1) is 15.5. The molecule has 0 aromatic heterocycles. The summed E-state index contributed by atoms with van der Waals surface area (Å²) in [6.07, 6.45) is 1.56. The Labute approximate surface area is 112 Å². The molecule has 0 bridgehead atoms. The number of rotatable bonds is 6. The fourth-order valence-electron chi connectivity index (χ4n) is 1.49. The predicted molar refractivity (Wildman–Crippen MR) is 72.6 cm³/mol. The van der Waals surface area contributed by atoms with Crippen LogP contribution in [0.5, 0.6) is 5.75 Å². The SMILES string of the molecule is Cc1cccc(C(=O)NCCCNS(C)(=O)=O)c1O. The van der Waals surface area contributed by atoms with E-state index in [-0.39, 0.29) is 23.8 Å². The van der Waals surface area contributed by atoms with Crippen molar-refractivity contribution in [1.29, 1.82) is 0 Å². The quantitative estimate of drug-likeness (QED) is 0.658. The summed E-state index contributed by atoms with van der Waals surface area (Å²) >= 11 is 0. The van der Waals surface area contributed by atoms with E-state index < -0.39 is 10.0 Å². The maximum Gasteiger partial charge on any atom is 0.255 e. The van der Waals surface area contributed by atoms with Crippen LogP contribution in [-0.2, 0) is 10.0 Å². The lowest BCUT2D eigenvalue weighted by molar-refractivity contribution is 0.0950. The van der Waals surface area contributed by atoms with Crippen molar-refractivity contribution in [2.45, 2.75) is 13.3 Å². The van der Waals surface area contributed by atoms with Crippen LogP contribution in [0.1, 0.15) is 22.3 Å². The highest BCUT2D eigenvalue weighted by Gasteiger charge is 2.11. The number of amides is 1. The Balaban J connectivity index is 2.42. The summed E-state index contributed by atoms with van der Waals surface area (Å²) in [4.78, 5) is 11.8. The molecule has 0 heterocycles. The van der Waals surface area contributed by atoms with E-state index in [0.717, 1.165) is 6.26 Å². The lowest BCUT2D eigenvalue weighted by atomic mass is 10.1. The molecule has 6 nitrogen and oxygen atoms in total. The van der Waals surface area contributed by atoms with Gasteiger partial charge < -0.3 is 10.4 Å². The normalized spacial score (nSPS) is 11.3. The molecule has 0 aliphatic rings. The number of phenols is 1. The van der Waals surface area contributed by atoms with Crippen molar-refractivity contribution in [2.24, 2.45) is 0 Å². The third kappa shape index (κ3) is 5.27. The minimum atomic E-state index is -3.19. The molecule has 3 N–H and O–H groups in total. The largest absolute Gasteiger partial charge is 0.507 e. The molecule has 0 saturated heterocycles. The van der Waals surface area contributed by atoms with Crippen LogP contribution < -0.4 is 10.0 Å². The smallest absolute Gasteiger partial charge is 0.255 e. The molecule has 1 amide bonds. The first-order valence-corrected chi connectivity index (χ1v) is 7.72. The molecule has 0 aliphatic heterocycles. The topological polar surface area (TPSA) is 95.5 Å². The maximum atomic E-state index is 11.8. The van der Waals surface area contributed by atoms with Crippen molar-refractivity contribution in [3.63, 3.8) is 0 Å². The van der Waals surface area contributed by atoms with Gasteiger partial charge in [0, 0.05) is 13.1 Å². The highest BCUT2D eigenvalue weighted by atomic mass is 32.2. The zero-order valence-corrected chi connectivity index (χ0v) is 11.8. The Morgan fingerprint density at radius 3 is 2.63 bits per heavy atom. The molecule has 19 heavy (non-hydrogen) atoms. The summed E-state index contributed by atoms with van der Waals surface area (Å²) in [5, 5.41) is 12.3. The van der Waals surface area contributed by atoms with Gasteiger partial charge in [0.05, 0.1) is 11.8 Å². The molecule has 1 rings (SSSR count). The fraction of sp³-hybridized carbons (Fsp3) is 0.417. The van der Waals surface area contributed by atoms with E-state index in [9.17, 15) is 18.3 Å². The van der Waals surface area contributed by atoms with Crippen molar-refractivity contribution >= 4 is 15.9 Å². The van der Waals surface area contributed by atoms with Gasteiger partial charge in [-0.25, -0.2) is 13.1 Å². The van der Waals surface area contributed by atoms with E-state index in [1.54, 1.807) is 19.1 Å². The van der Waals surface area contributed by atoms with Gasteiger partial charge in [0.15, 0.2) is 0 Å². The molecule has 0 spiro atoms. The van der Waals surface area contributed by atoms with Gasteiger partial charge in [0.25, 0.3) is 5.91 Å². The van der Waals surface area contributed by atoms with Gasteiger partial charge in [0.1, 0.15) is 5.75 Å². The molecule has 7 heteroatoms. The van der Waals surface area contributed by atoms with Crippen LogP contribution in [0, 0.1) is 6.92 Å². The Bertz CT molecular complexity index is 555. The van der Waals surface area contributed by atoms with Gasteiger partial charge in [-0.3, -0.25) is 4.79 Å². The highest BCUT2D eigenvalue weighted by molar-refractivity contribution is 7.88. The van der Waals surface area contributed by atoms with Crippen LogP contribution in [0.4, 0.5) is 0 Å². The average molecular weight is 286 g/mol. The second-order valence-electron chi connectivity index (χ2n) is 4.25. The van der Waals surface area contributed by atoms with E-state index in [4.69, 9.17) is 0 Å². The number of phenolic OH excluding ortho intramolecular Hbond substituents is 1. The molecule has 1 aromatic rings. The lowest BCUT2D eigenvalue weighted by Crippen LogP contribution is -2.29. The Kier molecular flexibility index (Phi) is 5.31. The number of aryl methyl sites for hydroxylation is 1. The summed E-state index contributed by atoms with van der Waals surface area (Å²) in [7, 11) is -3.19. The van der Waals surface area contributed by atoms with Gasteiger partial charge in [-0.1, -0.05) is 12.1 Å². The van der Waals surface area contributed by atoms with Crippen molar-refractivity contribution < 1.29 is 18.3 Å². The molecular formula is C12H18N2O4S. The molecule has 0 unspecified atom stereocenters. The summed E-state index contributed by atoms with van der Waals surface area (Å²) in [6, 6.07) is 4.93. The maximum absolute atomic E-state index is 11.8. The van der Waals surface area contributed by atoms with Crippen LogP contribution in [-0.4, -0.2) is 38.8 Å². The highest BCUT2D eigenvalue weighted by Crippen LogP contribution is 2.20. The molecule has 0 saturated carbocycles. The van der Waals surface area contributed by atoms with Gasteiger partial charge in [-0.15, -0.1) is 0 Å². The first-order valence-electron chi connectivity index (χ1n) is 5.82. The zero-order chi connectivity index (χ0) is 14.5. The number of carbonyl (C=O) groups is 1. The molecule has 106 valence electrons. The number of para-hydroxylation sites is 1. The van der Waals surface area contributed by atoms with Crippen molar-refractivity contribution in [2.75, 3.05) is 19.3 Å². The number of hydrogen-bond acceptors (Lipinski definition) is 4. The molecular weight excluding hydrogens is 268 g/mol. The van der Waals surface area contributed by atoms with Crippen molar-refractivity contribution in [3.8, 4) is 5.75 Å². The summed E-state index contributed by atoms with van der Waals surface area (Å²) in [6.45, 7) is 2.30. The minimum absolute atomic E-state index is 0.0331. The Morgan fingerprint density at radius 1 is 1.32 bits per heavy atom. The van der Waals surface area contributed by atoms with E-state index in [1.807, 2.05) is 0 Å². The second-order valence-corrected chi connectivity index (χ2v) is 6.08. The molecule has 0 atom stereocenters. The van der Waals surface area contributed by atoms with E-state index in [1.165, 1.54) is 6.07 Å². The van der Waals surface area contributed by atoms with Crippen LogP contribution >= 0.6 is 0 Å². The third-order valence-corrected chi connectivity index (χ3v) is 3.21. The van der Waals surface area contributed by atoms with E-state index in [2.05, 4.69) is 10.0 Å². The van der Waals surface area contributed by atoms with Crippen LogP contribution in [0.15, 0.2) is 18.2 Å². The minimum Gasteiger partial charge on any atom is -0.507 e. The van der Waals surface area contributed by atoms with Crippen molar-refractivity contribution in [1.82, 2.24) is 10.0 Å². The summed E-state index contributed by atoms with van der Waals surface area (Å²) < 4.78 is 23.9. The third-order valence-electron chi connectivity index (χ3n) is 2.49. The second kappa shape index (κ2) is 6.53. The first-order chi connectivity index (χ1) is 8.81. The fourth-order valence-corrected chi connectivity index (χ4v) is 2.00. The Hall–Kier alpha value is -1.60. The van der Waals surface area contributed by atoms with Crippen LogP contribution in [0.2, 0.25) is 0 Å². The molecule has 0 fully saturated rings.